The molecular formula is C16H18N2O2. The van der Waals surface area contributed by atoms with Gasteiger partial charge in [-0.2, -0.15) is 0 Å². The van der Waals surface area contributed by atoms with Crippen LogP contribution in [0.3, 0.4) is 0 Å². The molecule has 0 aliphatic carbocycles. The van der Waals surface area contributed by atoms with Crippen molar-refractivity contribution in [2.75, 3.05) is 0 Å². The van der Waals surface area contributed by atoms with E-state index in [1.165, 1.54) is 0 Å². The van der Waals surface area contributed by atoms with Crippen molar-refractivity contribution in [1.82, 2.24) is 0 Å². The number of para-hydroxylation sites is 1. The van der Waals surface area contributed by atoms with Crippen LogP contribution >= 0.6 is 0 Å². The second-order valence-corrected chi connectivity index (χ2v) is 4.62. The standard InChI is InChI=1S/C16H18N2O2/c1-2-3-6-12-9-10-16(20)14(11-12)18-17-13-7-4-5-8-15(13)19/h4-5,7-11,19-20H,2-3,6H2,1H3. The summed E-state index contributed by atoms with van der Waals surface area (Å²) in [6.07, 6.45) is 3.17. The van der Waals surface area contributed by atoms with Gasteiger partial charge in [-0.25, -0.2) is 0 Å². The first-order valence-corrected chi connectivity index (χ1v) is 6.72. The van der Waals surface area contributed by atoms with E-state index >= 15 is 0 Å². The summed E-state index contributed by atoms with van der Waals surface area (Å²) in [5, 5.41) is 27.4. The molecule has 0 heterocycles. The fourth-order valence-corrected chi connectivity index (χ4v) is 1.84. The molecule has 2 rings (SSSR count). The number of phenolic OH excluding ortho intramolecular Hbond substituents is 2. The van der Waals surface area contributed by atoms with Crippen molar-refractivity contribution in [1.29, 1.82) is 0 Å². The van der Waals surface area contributed by atoms with Gasteiger partial charge in [0.2, 0.25) is 0 Å². The van der Waals surface area contributed by atoms with E-state index in [2.05, 4.69) is 17.2 Å². The van der Waals surface area contributed by atoms with Gasteiger partial charge in [-0.3, -0.25) is 0 Å². The first-order valence-electron chi connectivity index (χ1n) is 6.72. The number of azo groups is 1. The summed E-state index contributed by atoms with van der Waals surface area (Å²) >= 11 is 0. The van der Waals surface area contributed by atoms with Crippen LogP contribution in [0.5, 0.6) is 11.5 Å². The van der Waals surface area contributed by atoms with E-state index in [0.717, 1.165) is 24.8 Å². The van der Waals surface area contributed by atoms with Crippen LogP contribution in [0.4, 0.5) is 11.4 Å². The zero-order valence-electron chi connectivity index (χ0n) is 11.5. The van der Waals surface area contributed by atoms with Gasteiger partial charge in [0.15, 0.2) is 0 Å². The van der Waals surface area contributed by atoms with Gasteiger partial charge in [0, 0.05) is 0 Å². The molecule has 0 radical (unpaired) electrons. The highest BCUT2D eigenvalue weighted by Gasteiger charge is 2.03. The number of rotatable bonds is 5. The maximum atomic E-state index is 9.79. The Kier molecular flexibility index (Phi) is 4.71. The first kappa shape index (κ1) is 14.1. The van der Waals surface area contributed by atoms with E-state index in [-0.39, 0.29) is 11.5 Å². The lowest BCUT2D eigenvalue weighted by molar-refractivity contribution is 0.473. The summed E-state index contributed by atoms with van der Waals surface area (Å²) in [5.74, 6) is 0.155. The highest BCUT2D eigenvalue weighted by Crippen LogP contribution is 2.32. The van der Waals surface area contributed by atoms with Gasteiger partial charge < -0.3 is 10.2 Å². The number of nitrogens with zero attached hydrogens (tertiary/aromatic N) is 2. The second-order valence-electron chi connectivity index (χ2n) is 4.62. The fourth-order valence-electron chi connectivity index (χ4n) is 1.84. The predicted octanol–water partition coefficient (Wildman–Crippen LogP) is 4.86. The molecular weight excluding hydrogens is 252 g/mol. The van der Waals surface area contributed by atoms with Crippen LogP contribution < -0.4 is 0 Å². The van der Waals surface area contributed by atoms with Gasteiger partial charge in [-0.15, -0.1) is 10.2 Å². The SMILES string of the molecule is CCCCc1ccc(O)c(N=Nc2ccccc2O)c1. The van der Waals surface area contributed by atoms with Crippen LogP contribution in [0.1, 0.15) is 25.3 Å². The molecule has 20 heavy (non-hydrogen) atoms. The molecule has 0 spiro atoms. The lowest BCUT2D eigenvalue weighted by Crippen LogP contribution is -1.83. The van der Waals surface area contributed by atoms with Crippen LogP contribution in [0.25, 0.3) is 0 Å². The molecule has 0 atom stereocenters. The van der Waals surface area contributed by atoms with Gasteiger partial charge in [0.05, 0.1) is 0 Å². The second kappa shape index (κ2) is 6.70. The third-order valence-electron chi connectivity index (χ3n) is 3.01. The Balaban J connectivity index is 2.22. The van der Waals surface area contributed by atoms with Gasteiger partial charge in [-0.05, 0) is 42.7 Å². The van der Waals surface area contributed by atoms with Crippen LogP contribution in [-0.2, 0) is 6.42 Å². The zero-order valence-corrected chi connectivity index (χ0v) is 11.5. The minimum Gasteiger partial charge on any atom is -0.506 e. The normalized spacial score (nSPS) is 11.1. The van der Waals surface area contributed by atoms with E-state index in [4.69, 9.17) is 0 Å². The third-order valence-corrected chi connectivity index (χ3v) is 3.01. The summed E-state index contributed by atoms with van der Waals surface area (Å²) in [6.45, 7) is 2.14. The molecule has 4 heteroatoms. The van der Waals surface area contributed by atoms with Crippen LogP contribution in [-0.4, -0.2) is 10.2 Å². The van der Waals surface area contributed by atoms with Crippen LogP contribution in [0.15, 0.2) is 52.7 Å². The van der Waals surface area contributed by atoms with Crippen LogP contribution in [0.2, 0.25) is 0 Å². The molecule has 0 amide bonds. The molecule has 0 saturated heterocycles. The Labute approximate surface area is 118 Å². The number of aryl methyl sites for hydroxylation is 1. The van der Waals surface area contributed by atoms with Crippen molar-refractivity contribution >= 4 is 11.4 Å². The van der Waals surface area contributed by atoms with E-state index < -0.39 is 0 Å². The first-order chi connectivity index (χ1) is 9.70. The average molecular weight is 270 g/mol. The Hall–Kier alpha value is -2.36. The maximum Gasteiger partial charge on any atom is 0.143 e. The Morgan fingerprint density at radius 3 is 2.35 bits per heavy atom. The lowest BCUT2D eigenvalue weighted by atomic mass is 10.1. The highest BCUT2D eigenvalue weighted by atomic mass is 16.3. The van der Waals surface area contributed by atoms with E-state index in [1.54, 1.807) is 30.3 Å². The number of hydrogen-bond donors (Lipinski definition) is 2. The van der Waals surface area contributed by atoms with Crippen molar-refractivity contribution in [3.05, 3.63) is 48.0 Å². The van der Waals surface area contributed by atoms with E-state index in [0.29, 0.717) is 11.4 Å². The summed E-state index contributed by atoms with van der Waals surface area (Å²) in [6, 6.07) is 12.0. The smallest absolute Gasteiger partial charge is 0.143 e. The quantitative estimate of drug-likeness (QED) is 0.762. The molecule has 0 aliphatic rings. The predicted molar refractivity (Wildman–Crippen MR) is 79.0 cm³/mol. The minimum atomic E-state index is 0.0675. The number of aromatic hydroxyl groups is 2. The van der Waals surface area contributed by atoms with Crippen LogP contribution in [0, 0.1) is 0 Å². The molecule has 4 nitrogen and oxygen atoms in total. The fraction of sp³-hybridized carbons (Fsp3) is 0.250. The number of benzene rings is 2. The molecule has 0 fully saturated rings. The zero-order chi connectivity index (χ0) is 14.4. The number of hydrogen-bond acceptors (Lipinski definition) is 4. The van der Waals surface area contributed by atoms with Crippen molar-refractivity contribution < 1.29 is 10.2 Å². The Bertz CT molecular complexity index is 609. The third kappa shape index (κ3) is 3.57. The largest absolute Gasteiger partial charge is 0.506 e. The minimum absolute atomic E-state index is 0.0675. The summed E-state index contributed by atoms with van der Waals surface area (Å²) in [5.41, 5.74) is 1.92. The van der Waals surface area contributed by atoms with Crippen molar-refractivity contribution in [2.24, 2.45) is 10.2 Å². The Morgan fingerprint density at radius 1 is 0.900 bits per heavy atom. The lowest BCUT2D eigenvalue weighted by Gasteiger charge is -2.03. The van der Waals surface area contributed by atoms with Crippen molar-refractivity contribution in [3.8, 4) is 11.5 Å². The molecule has 2 aromatic carbocycles. The molecule has 0 aliphatic heterocycles. The molecule has 104 valence electrons. The molecule has 2 aromatic rings. The summed E-state index contributed by atoms with van der Waals surface area (Å²) < 4.78 is 0. The summed E-state index contributed by atoms with van der Waals surface area (Å²) in [7, 11) is 0. The van der Waals surface area contributed by atoms with E-state index in [1.807, 2.05) is 12.1 Å². The summed E-state index contributed by atoms with van der Waals surface area (Å²) in [4.78, 5) is 0. The van der Waals surface area contributed by atoms with Gasteiger partial charge in [0.1, 0.15) is 22.9 Å². The van der Waals surface area contributed by atoms with Crippen molar-refractivity contribution in [3.63, 3.8) is 0 Å². The monoisotopic (exact) mass is 270 g/mol. The number of phenols is 2. The van der Waals surface area contributed by atoms with Gasteiger partial charge in [0.25, 0.3) is 0 Å². The number of unbranched alkanes of at least 4 members (excludes halogenated alkanes) is 1. The molecule has 0 unspecified atom stereocenters. The molecule has 0 aromatic heterocycles. The Morgan fingerprint density at radius 2 is 1.60 bits per heavy atom. The topological polar surface area (TPSA) is 65.2 Å². The molecule has 0 saturated carbocycles. The van der Waals surface area contributed by atoms with Gasteiger partial charge in [-0.1, -0.05) is 31.5 Å². The molecule has 2 N–H and O–H groups in total. The van der Waals surface area contributed by atoms with E-state index in [9.17, 15) is 10.2 Å². The molecule has 0 bridgehead atoms. The average Bonchev–Trinajstić information content (AvgIpc) is 2.46. The highest BCUT2D eigenvalue weighted by molar-refractivity contribution is 5.54. The maximum absolute atomic E-state index is 9.79. The van der Waals surface area contributed by atoms with Crippen molar-refractivity contribution in [2.45, 2.75) is 26.2 Å². The van der Waals surface area contributed by atoms with Gasteiger partial charge >= 0.3 is 0 Å².